The van der Waals surface area contributed by atoms with E-state index in [1.54, 1.807) is 31.5 Å². The maximum absolute atomic E-state index is 14.5. The van der Waals surface area contributed by atoms with Crippen LogP contribution in [0.4, 0.5) is 27.7 Å². The monoisotopic (exact) mass is 532 g/mol. The minimum atomic E-state index is -0.364. The number of carbonyl (C=O) groups is 1. The van der Waals surface area contributed by atoms with Crippen molar-refractivity contribution in [2.24, 2.45) is 0 Å². The lowest BCUT2D eigenvalue weighted by atomic mass is 9.91. The molecular formula is C28H33FN8O2. The number of nitrogens with zero attached hydrogens (tertiary/aromatic N) is 5. The molecule has 1 aliphatic carbocycles. The molecule has 2 heterocycles. The van der Waals surface area contributed by atoms with Crippen LogP contribution in [0.25, 0.3) is 11.2 Å². The minimum absolute atomic E-state index is 0.0282. The minimum Gasteiger partial charge on any atom is -0.497 e. The van der Waals surface area contributed by atoms with Crippen molar-refractivity contribution in [1.29, 1.82) is 0 Å². The van der Waals surface area contributed by atoms with E-state index in [0.29, 0.717) is 35.3 Å². The molecule has 5 rings (SSSR count). The molecule has 0 spiro atoms. The standard InChI is InChI=1S/C28H33FN8O2/c1-36(2)17-25(38)31-18-8-12-20(13-9-18)37-26-24(34-28(37)33-23-7-5-4-6-22(23)29)16-30-27(35-26)32-19-10-14-21(39-3)15-11-19/h4-7,10-11,14-16,18,20H,8-9,12-13,17H2,1-3H3,(H,31,38)(H,33,34)(H,30,32,35). The van der Waals surface area contributed by atoms with Gasteiger partial charge in [0.1, 0.15) is 17.1 Å². The van der Waals surface area contributed by atoms with Gasteiger partial charge in [0.2, 0.25) is 17.8 Å². The normalized spacial score (nSPS) is 17.3. The molecule has 10 nitrogen and oxygen atoms in total. The summed E-state index contributed by atoms with van der Waals surface area (Å²) in [4.78, 5) is 28.1. The summed E-state index contributed by atoms with van der Waals surface area (Å²) in [6.07, 6.45) is 4.95. The third-order valence-corrected chi connectivity index (χ3v) is 6.79. The molecule has 0 unspecified atom stereocenters. The Hall–Kier alpha value is -4.25. The summed E-state index contributed by atoms with van der Waals surface area (Å²) in [5.74, 6) is 1.35. The van der Waals surface area contributed by atoms with Gasteiger partial charge in [0, 0.05) is 17.8 Å². The van der Waals surface area contributed by atoms with E-state index in [-0.39, 0.29) is 23.8 Å². The highest BCUT2D eigenvalue weighted by molar-refractivity contribution is 5.78. The van der Waals surface area contributed by atoms with Crippen LogP contribution in [0.15, 0.2) is 54.7 Å². The molecule has 2 aromatic heterocycles. The first-order chi connectivity index (χ1) is 18.9. The molecule has 2 aromatic carbocycles. The maximum Gasteiger partial charge on any atom is 0.234 e. The van der Waals surface area contributed by atoms with Crippen LogP contribution < -0.4 is 20.7 Å². The van der Waals surface area contributed by atoms with Crippen molar-refractivity contribution in [1.82, 2.24) is 29.7 Å². The van der Waals surface area contributed by atoms with E-state index >= 15 is 0 Å². The van der Waals surface area contributed by atoms with Crippen molar-refractivity contribution in [3.8, 4) is 5.75 Å². The van der Waals surface area contributed by atoms with Gasteiger partial charge in [0.25, 0.3) is 0 Å². The number of ether oxygens (including phenoxy) is 1. The Morgan fingerprint density at radius 3 is 2.49 bits per heavy atom. The van der Waals surface area contributed by atoms with Crippen molar-refractivity contribution in [2.75, 3.05) is 38.4 Å². The summed E-state index contributed by atoms with van der Waals surface area (Å²) in [5, 5.41) is 9.56. The second kappa shape index (κ2) is 11.6. The zero-order valence-electron chi connectivity index (χ0n) is 22.3. The highest BCUT2D eigenvalue weighted by Crippen LogP contribution is 2.35. The smallest absolute Gasteiger partial charge is 0.234 e. The van der Waals surface area contributed by atoms with Gasteiger partial charge in [0.05, 0.1) is 25.5 Å². The summed E-state index contributed by atoms with van der Waals surface area (Å²) in [6, 6.07) is 14.2. The third kappa shape index (κ3) is 6.26. The van der Waals surface area contributed by atoms with Gasteiger partial charge in [-0.1, -0.05) is 12.1 Å². The Labute approximate surface area is 226 Å². The molecule has 1 aliphatic rings. The molecule has 11 heteroatoms. The van der Waals surface area contributed by atoms with Crippen molar-refractivity contribution < 1.29 is 13.9 Å². The van der Waals surface area contributed by atoms with Gasteiger partial charge in [-0.05, 0) is 76.2 Å². The molecule has 3 N–H and O–H groups in total. The number of nitrogens with one attached hydrogen (secondary N) is 3. The van der Waals surface area contributed by atoms with Crippen molar-refractivity contribution in [3.05, 3.63) is 60.5 Å². The summed E-state index contributed by atoms with van der Waals surface area (Å²) in [7, 11) is 5.38. The number of hydrogen-bond donors (Lipinski definition) is 3. The van der Waals surface area contributed by atoms with Crippen LogP contribution >= 0.6 is 0 Å². The van der Waals surface area contributed by atoms with Crippen LogP contribution in [-0.4, -0.2) is 64.1 Å². The van der Waals surface area contributed by atoms with E-state index in [4.69, 9.17) is 14.7 Å². The van der Waals surface area contributed by atoms with E-state index < -0.39 is 0 Å². The van der Waals surface area contributed by atoms with E-state index in [0.717, 1.165) is 37.1 Å². The quantitative estimate of drug-likeness (QED) is 0.287. The molecule has 1 fully saturated rings. The average molecular weight is 533 g/mol. The number of amides is 1. The molecule has 0 aliphatic heterocycles. The molecule has 39 heavy (non-hydrogen) atoms. The number of imidazole rings is 1. The first-order valence-electron chi connectivity index (χ1n) is 13.0. The predicted octanol–water partition coefficient (Wildman–Crippen LogP) is 4.62. The summed E-state index contributed by atoms with van der Waals surface area (Å²) < 4.78 is 21.8. The number of aromatic nitrogens is 4. The third-order valence-electron chi connectivity index (χ3n) is 6.79. The Morgan fingerprint density at radius 1 is 1.05 bits per heavy atom. The van der Waals surface area contributed by atoms with Crippen molar-refractivity contribution in [3.63, 3.8) is 0 Å². The first kappa shape index (κ1) is 26.4. The number of anilines is 4. The number of likely N-dealkylation sites (N-methyl/N-ethyl adjacent to an activating group) is 1. The van der Waals surface area contributed by atoms with Gasteiger partial charge in [-0.15, -0.1) is 0 Å². The maximum atomic E-state index is 14.5. The van der Waals surface area contributed by atoms with Gasteiger partial charge < -0.3 is 25.6 Å². The SMILES string of the molecule is COc1ccc(Nc2ncc3nc(Nc4ccccc4F)n(C4CCC(NC(=O)CN(C)C)CC4)c3n2)cc1. The largest absolute Gasteiger partial charge is 0.497 e. The number of rotatable bonds is 9. The molecule has 0 bridgehead atoms. The molecule has 0 radical (unpaired) electrons. The van der Waals surface area contributed by atoms with Crippen LogP contribution in [-0.2, 0) is 4.79 Å². The predicted molar refractivity (Wildman–Crippen MR) is 149 cm³/mol. The molecule has 4 aromatic rings. The highest BCUT2D eigenvalue weighted by Gasteiger charge is 2.28. The number of benzene rings is 2. The fourth-order valence-electron chi connectivity index (χ4n) is 4.91. The molecular weight excluding hydrogens is 499 g/mol. The van der Waals surface area contributed by atoms with Crippen molar-refractivity contribution >= 4 is 40.3 Å². The van der Waals surface area contributed by atoms with Crippen LogP contribution in [0.2, 0.25) is 0 Å². The zero-order chi connectivity index (χ0) is 27.4. The van der Waals surface area contributed by atoms with Crippen LogP contribution in [0.5, 0.6) is 5.75 Å². The number of hydrogen-bond acceptors (Lipinski definition) is 8. The average Bonchev–Trinajstić information content (AvgIpc) is 3.27. The number of methoxy groups -OCH3 is 1. The lowest BCUT2D eigenvalue weighted by Gasteiger charge is -2.31. The van der Waals surface area contributed by atoms with Crippen LogP contribution in [0, 0.1) is 5.82 Å². The number of carbonyl (C=O) groups excluding carboxylic acids is 1. The lowest BCUT2D eigenvalue weighted by molar-refractivity contribution is -0.122. The van der Waals surface area contributed by atoms with Gasteiger partial charge in [-0.2, -0.15) is 4.98 Å². The van der Waals surface area contributed by atoms with E-state index in [1.165, 1.54) is 6.07 Å². The van der Waals surface area contributed by atoms with Gasteiger partial charge in [-0.25, -0.2) is 14.4 Å². The first-order valence-corrected chi connectivity index (χ1v) is 13.0. The van der Waals surface area contributed by atoms with Crippen molar-refractivity contribution in [2.45, 2.75) is 37.8 Å². The summed E-state index contributed by atoms with van der Waals surface area (Å²) in [6.45, 7) is 0.365. The number of para-hydroxylation sites is 1. The highest BCUT2D eigenvalue weighted by atomic mass is 19.1. The molecule has 0 atom stereocenters. The summed E-state index contributed by atoms with van der Waals surface area (Å²) in [5.41, 5.74) is 2.42. The second-order valence-electron chi connectivity index (χ2n) is 9.98. The molecule has 1 saturated carbocycles. The van der Waals surface area contributed by atoms with Gasteiger partial charge >= 0.3 is 0 Å². The Kier molecular flexibility index (Phi) is 7.87. The lowest BCUT2D eigenvalue weighted by Crippen LogP contribution is -2.42. The number of halogens is 1. The Balaban J connectivity index is 1.43. The number of fused-ring (bicyclic) bond motifs is 1. The van der Waals surface area contributed by atoms with Gasteiger partial charge in [0.15, 0.2) is 5.65 Å². The topological polar surface area (TPSA) is 109 Å². The van der Waals surface area contributed by atoms with Crippen LogP contribution in [0.1, 0.15) is 31.7 Å². The molecule has 204 valence electrons. The fraction of sp³-hybridized carbons (Fsp3) is 0.357. The fourth-order valence-corrected chi connectivity index (χ4v) is 4.91. The zero-order valence-corrected chi connectivity index (χ0v) is 22.3. The Bertz CT molecular complexity index is 1430. The van der Waals surface area contributed by atoms with E-state index in [1.807, 2.05) is 47.8 Å². The van der Waals surface area contributed by atoms with E-state index in [9.17, 15) is 9.18 Å². The molecule has 0 saturated heterocycles. The Morgan fingerprint density at radius 2 is 1.79 bits per heavy atom. The molecule has 1 amide bonds. The van der Waals surface area contributed by atoms with E-state index in [2.05, 4.69) is 20.9 Å². The second-order valence-corrected chi connectivity index (χ2v) is 9.98. The van der Waals surface area contributed by atoms with Gasteiger partial charge in [-0.3, -0.25) is 9.36 Å². The summed E-state index contributed by atoms with van der Waals surface area (Å²) >= 11 is 0. The van der Waals surface area contributed by atoms with Crippen LogP contribution in [0.3, 0.4) is 0 Å².